The summed E-state index contributed by atoms with van der Waals surface area (Å²) >= 11 is 0. The van der Waals surface area contributed by atoms with Gasteiger partial charge in [0.2, 0.25) is 0 Å². The third-order valence-electron chi connectivity index (χ3n) is 7.48. The van der Waals surface area contributed by atoms with Gasteiger partial charge in [-0.15, -0.1) is 0 Å². The van der Waals surface area contributed by atoms with E-state index in [2.05, 4.69) is 57.1 Å². The van der Waals surface area contributed by atoms with Crippen molar-refractivity contribution in [2.45, 2.75) is 161 Å². The third kappa shape index (κ3) is 36.8. The van der Waals surface area contributed by atoms with Crippen molar-refractivity contribution in [3.63, 3.8) is 0 Å². The number of carbonyl (C=O) groups excluding carboxylic acids is 1. The molecule has 1 atom stereocenters. The van der Waals surface area contributed by atoms with Crippen molar-refractivity contribution in [2.75, 3.05) is 43.7 Å². The van der Waals surface area contributed by atoms with E-state index in [-0.39, 0.29) is 12.1 Å². The van der Waals surface area contributed by atoms with Gasteiger partial charge < -0.3 is 9.64 Å². The minimum atomic E-state index is -0.00213. The Morgan fingerprint density at radius 3 is 1.59 bits per heavy atom. The van der Waals surface area contributed by atoms with E-state index in [1.165, 1.54) is 132 Å². The quantitative estimate of drug-likeness (QED) is 0.0283. The Balaban J connectivity index is 3.96. The van der Waals surface area contributed by atoms with Crippen molar-refractivity contribution < 1.29 is 9.53 Å². The molecule has 0 saturated heterocycles. The fraction of sp³-hybridized carbons (Fsp3) is 0.865. The second-order valence-corrected chi connectivity index (χ2v) is 17.6. The zero-order valence-corrected chi connectivity index (χ0v) is 32.6. The van der Waals surface area contributed by atoms with Gasteiger partial charge in [-0.25, -0.2) is 0 Å². The lowest BCUT2D eigenvalue weighted by Gasteiger charge is -2.18. The van der Waals surface area contributed by atoms with E-state index in [0.29, 0.717) is 6.42 Å². The first-order valence-electron chi connectivity index (χ1n) is 18.2. The number of allylic oxidation sites excluding steroid dienone is 4. The molecule has 0 spiro atoms. The Morgan fingerprint density at radius 2 is 1.02 bits per heavy atom. The number of esters is 1. The van der Waals surface area contributed by atoms with Gasteiger partial charge in [0.15, 0.2) is 0 Å². The van der Waals surface area contributed by atoms with Crippen molar-refractivity contribution in [1.29, 1.82) is 0 Å². The van der Waals surface area contributed by atoms with E-state index in [4.69, 9.17) is 4.74 Å². The van der Waals surface area contributed by atoms with Gasteiger partial charge in [0, 0.05) is 29.4 Å². The minimum Gasteiger partial charge on any atom is -0.462 e. The first-order valence-corrected chi connectivity index (χ1v) is 23.2. The highest BCUT2D eigenvalue weighted by Crippen LogP contribution is 2.26. The van der Waals surface area contributed by atoms with Crippen LogP contribution < -0.4 is 0 Å². The van der Waals surface area contributed by atoms with Crippen molar-refractivity contribution in [3.05, 3.63) is 24.3 Å². The molecule has 7 heteroatoms. The maximum absolute atomic E-state index is 12.5. The van der Waals surface area contributed by atoms with E-state index in [0.717, 1.165) is 32.2 Å². The van der Waals surface area contributed by atoms with Gasteiger partial charge >= 0.3 is 5.97 Å². The highest BCUT2D eigenvalue weighted by atomic mass is 33.1. The van der Waals surface area contributed by atoms with Crippen LogP contribution in [0.25, 0.3) is 0 Å². The number of unbranched alkanes of at least 4 members (excludes halogenated alkanes) is 12. The number of nitrogens with zero attached hydrogens (tertiary/aromatic N) is 1. The maximum Gasteiger partial charge on any atom is 0.306 e. The number of hydrogen-bond acceptors (Lipinski definition) is 7. The molecule has 0 radical (unpaired) electrons. The molecule has 0 heterocycles. The molecule has 0 aromatic rings. The Kier molecular flexibility index (Phi) is 38.0. The monoisotopic (exact) mass is 689 g/mol. The molecule has 0 aliphatic rings. The molecule has 0 amide bonds. The van der Waals surface area contributed by atoms with E-state index < -0.39 is 0 Å². The van der Waals surface area contributed by atoms with Gasteiger partial charge in [-0.3, -0.25) is 4.79 Å². The second kappa shape index (κ2) is 37.8. The van der Waals surface area contributed by atoms with E-state index in [1.54, 1.807) is 0 Å². The van der Waals surface area contributed by atoms with E-state index in [9.17, 15) is 4.79 Å². The summed E-state index contributed by atoms with van der Waals surface area (Å²) in [7, 11) is 12.2. The summed E-state index contributed by atoms with van der Waals surface area (Å²) in [5, 5.41) is 0. The van der Waals surface area contributed by atoms with Crippen LogP contribution in [-0.2, 0) is 9.53 Å². The number of ether oxygens (including phenoxy) is 1. The summed E-state index contributed by atoms with van der Waals surface area (Å²) in [5.41, 5.74) is 0. The van der Waals surface area contributed by atoms with E-state index in [1.807, 2.05) is 43.2 Å². The molecule has 3 nitrogen and oxygen atoms in total. The summed E-state index contributed by atoms with van der Waals surface area (Å²) in [5.74, 6) is 4.84. The van der Waals surface area contributed by atoms with Crippen LogP contribution in [0.3, 0.4) is 0 Å². The van der Waals surface area contributed by atoms with Gasteiger partial charge in [-0.05, 0) is 104 Å². The predicted octanol–water partition coefficient (Wildman–Crippen LogP) is 13.0. The first-order chi connectivity index (χ1) is 21.6. The normalized spacial score (nSPS) is 12.7. The van der Waals surface area contributed by atoms with Crippen LogP contribution >= 0.6 is 43.2 Å². The van der Waals surface area contributed by atoms with Crippen LogP contribution in [0.4, 0.5) is 0 Å². The van der Waals surface area contributed by atoms with Crippen LogP contribution in [0.15, 0.2) is 24.3 Å². The highest BCUT2D eigenvalue weighted by molar-refractivity contribution is 8.77. The molecule has 0 aliphatic carbocycles. The Morgan fingerprint density at radius 1 is 0.568 bits per heavy atom. The first kappa shape index (κ1) is 44.3. The van der Waals surface area contributed by atoms with Crippen LogP contribution in [0.1, 0.15) is 155 Å². The molecule has 44 heavy (non-hydrogen) atoms. The fourth-order valence-corrected chi connectivity index (χ4v) is 9.06. The molecule has 0 aliphatic heterocycles. The van der Waals surface area contributed by atoms with E-state index >= 15 is 0 Å². The lowest BCUT2D eigenvalue weighted by Crippen LogP contribution is -2.20. The molecule has 0 bridgehead atoms. The number of hydrogen-bond donors (Lipinski definition) is 0. The van der Waals surface area contributed by atoms with Crippen molar-refractivity contribution in [1.82, 2.24) is 4.90 Å². The molecule has 0 N–H and O–H groups in total. The number of rotatable bonds is 35. The summed E-state index contributed by atoms with van der Waals surface area (Å²) in [6.07, 6.45) is 36.2. The molecule has 0 aromatic heterocycles. The molecular formula is C37H71NO2S4. The lowest BCUT2D eigenvalue weighted by atomic mass is 10.1. The SMILES string of the molecule is CCCCCC/C=C\CCSSCCCCC(CCCCCSSCC/C=C\CCCCCCC)OC(=O)CCCN(C)C. The standard InChI is InChI=1S/C37H71NO2S4/c1-5-7-9-11-13-15-17-19-24-32-41-43-34-25-20-21-28-36(40-37(39)30-27-31-38(3)4)29-22-26-35-44-42-33-23-18-16-14-12-10-8-6-2/h16-19,36H,5-15,20-35H2,1-4H3/b18-16-,19-17-. The summed E-state index contributed by atoms with van der Waals surface area (Å²) < 4.78 is 5.98. The van der Waals surface area contributed by atoms with Crippen LogP contribution in [0.2, 0.25) is 0 Å². The zero-order valence-electron chi connectivity index (χ0n) is 29.4. The molecule has 0 saturated carbocycles. The average Bonchev–Trinajstić information content (AvgIpc) is 3.00. The lowest BCUT2D eigenvalue weighted by molar-refractivity contribution is -0.150. The predicted molar refractivity (Wildman–Crippen MR) is 209 cm³/mol. The largest absolute Gasteiger partial charge is 0.462 e. The Hall–Kier alpha value is 0.310. The smallest absolute Gasteiger partial charge is 0.306 e. The maximum atomic E-state index is 12.5. The zero-order chi connectivity index (χ0) is 32.2. The summed E-state index contributed by atoms with van der Waals surface area (Å²) in [6.45, 7) is 5.49. The van der Waals surface area contributed by atoms with Gasteiger partial charge in [0.25, 0.3) is 0 Å². The molecule has 0 rings (SSSR count). The number of carbonyl (C=O) groups is 1. The second-order valence-electron chi connectivity index (χ2n) is 12.2. The van der Waals surface area contributed by atoms with Crippen molar-refractivity contribution in [3.8, 4) is 0 Å². The van der Waals surface area contributed by atoms with Crippen LogP contribution in [-0.4, -0.2) is 60.6 Å². The summed E-state index contributed by atoms with van der Waals surface area (Å²) in [4.78, 5) is 14.6. The van der Waals surface area contributed by atoms with Crippen LogP contribution in [0, 0.1) is 0 Å². The Labute approximate surface area is 291 Å². The van der Waals surface area contributed by atoms with Gasteiger partial charge in [-0.1, -0.05) is 133 Å². The topological polar surface area (TPSA) is 29.5 Å². The molecule has 260 valence electrons. The van der Waals surface area contributed by atoms with Gasteiger partial charge in [0.1, 0.15) is 6.10 Å². The molecule has 0 fully saturated rings. The molecular weight excluding hydrogens is 619 g/mol. The van der Waals surface area contributed by atoms with Crippen LogP contribution in [0.5, 0.6) is 0 Å². The molecule has 0 aromatic carbocycles. The third-order valence-corrected chi connectivity index (χ3v) is 12.5. The van der Waals surface area contributed by atoms with Crippen molar-refractivity contribution in [2.24, 2.45) is 0 Å². The van der Waals surface area contributed by atoms with Crippen molar-refractivity contribution >= 4 is 49.1 Å². The highest BCUT2D eigenvalue weighted by Gasteiger charge is 2.14. The molecule has 1 unspecified atom stereocenters. The minimum absolute atomic E-state index is 0.00213. The van der Waals surface area contributed by atoms with Gasteiger partial charge in [-0.2, -0.15) is 0 Å². The summed E-state index contributed by atoms with van der Waals surface area (Å²) in [6, 6.07) is 0. The Bertz CT molecular complexity index is 645. The van der Waals surface area contributed by atoms with Gasteiger partial charge in [0.05, 0.1) is 0 Å². The average molecular weight is 690 g/mol. The fourth-order valence-electron chi connectivity index (χ4n) is 4.78.